The van der Waals surface area contributed by atoms with Crippen LogP contribution < -0.4 is 11.1 Å². The fourth-order valence-corrected chi connectivity index (χ4v) is 1.58. The van der Waals surface area contributed by atoms with E-state index in [0.717, 1.165) is 6.20 Å². The zero-order valence-electron chi connectivity index (χ0n) is 10.2. The first-order valence-corrected chi connectivity index (χ1v) is 5.56. The molecule has 7 heteroatoms. The number of aromatic carboxylic acids is 1. The molecule has 0 aliphatic carbocycles. The van der Waals surface area contributed by atoms with E-state index < -0.39 is 11.9 Å². The van der Waals surface area contributed by atoms with Crippen molar-refractivity contribution in [2.75, 3.05) is 11.1 Å². The molecule has 0 radical (unpaired) electrons. The summed E-state index contributed by atoms with van der Waals surface area (Å²) in [7, 11) is 0. The standard InChI is InChI=1S/C13H11N3O4/c14-9-5-7(13(19)20)1-2-10(9)16-12(18)8-3-4-15-6-11(8)17/h1-6,17H,14H2,(H,16,18)(H,19,20). The van der Waals surface area contributed by atoms with Crippen LogP contribution in [-0.4, -0.2) is 27.1 Å². The van der Waals surface area contributed by atoms with Crippen molar-refractivity contribution in [3.63, 3.8) is 0 Å². The predicted molar refractivity (Wildman–Crippen MR) is 71.7 cm³/mol. The maximum absolute atomic E-state index is 11.9. The molecule has 7 nitrogen and oxygen atoms in total. The van der Waals surface area contributed by atoms with Gasteiger partial charge in [-0.2, -0.15) is 0 Å². The first-order valence-electron chi connectivity index (χ1n) is 5.56. The summed E-state index contributed by atoms with van der Waals surface area (Å²) in [5.41, 5.74) is 6.11. The molecule has 0 spiro atoms. The number of carbonyl (C=O) groups is 2. The zero-order valence-corrected chi connectivity index (χ0v) is 10.2. The van der Waals surface area contributed by atoms with Crippen molar-refractivity contribution in [3.05, 3.63) is 47.8 Å². The number of amides is 1. The van der Waals surface area contributed by atoms with Crippen LogP contribution in [0.1, 0.15) is 20.7 Å². The number of anilines is 2. The second kappa shape index (κ2) is 5.27. The van der Waals surface area contributed by atoms with Crippen LogP contribution in [0.15, 0.2) is 36.7 Å². The molecule has 1 aromatic heterocycles. The Morgan fingerprint density at radius 1 is 1.25 bits per heavy atom. The van der Waals surface area contributed by atoms with E-state index in [1.54, 1.807) is 0 Å². The second-order valence-electron chi connectivity index (χ2n) is 3.95. The molecule has 102 valence electrons. The van der Waals surface area contributed by atoms with E-state index in [0.29, 0.717) is 0 Å². The summed E-state index contributed by atoms with van der Waals surface area (Å²) in [6, 6.07) is 5.30. The number of pyridine rings is 1. The summed E-state index contributed by atoms with van der Waals surface area (Å²) in [5, 5.41) is 20.8. The number of hydrogen-bond acceptors (Lipinski definition) is 5. The van der Waals surface area contributed by atoms with Gasteiger partial charge in [0.05, 0.1) is 28.7 Å². The lowest BCUT2D eigenvalue weighted by atomic mass is 10.1. The third-order valence-electron chi connectivity index (χ3n) is 2.59. The summed E-state index contributed by atoms with van der Waals surface area (Å²) >= 11 is 0. The van der Waals surface area contributed by atoms with E-state index in [2.05, 4.69) is 10.3 Å². The second-order valence-corrected chi connectivity index (χ2v) is 3.95. The quantitative estimate of drug-likeness (QED) is 0.625. The number of carboxylic acids is 1. The van der Waals surface area contributed by atoms with Gasteiger partial charge in [-0.1, -0.05) is 0 Å². The number of aromatic nitrogens is 1. The Morgan fingerprint density at radius 3 is 2.60 bits per heavy atom. The summed E-state index contributed by atoms with van der Waals surface area (Å²) < 4.78 is 0. The number of aromatic hydroxyl groups is 1. The molecule has 0 saturated heterocycles. The monoisotopic (exact) mass is 273 g/mol. The van der Waals surface area contributed by atoms with Gasteiger partial charge in [0, 0.05) is 6.20 Å². The number of nitrogens with two attached hydrogens (primary N) is 1. The summed E-state index contributed by atoms with van der Waals surface area (Å²) in [6.45, 7) is 0. The Kier molecular flexibility index (Phi) is 3.52. The maximum Gasteiger partial charge on any atom is 0.335 e. The van der Waals surface area contributed by atoms with Gasteiger partial charge >= 0.3 is 5.97 Å². The van der Waals surface area contributed by atoms with Gasteiger partial charge in [-0.3, -0.25) is 9.78 Å². The molecule has 0 unspecified atom stereocenters. The Hall–Kier alpha value is -3.09. The largest absolute Gasteiger partial charge is 0.505 e. The smallest absolute Gasteiger partial charge is 0.335 e. The zero-order chi connectivity index (χ0) is 14.7. The molecule has 0 aliphatic rings. The van der Waals surface area contributed by atoms with E-state index >= 15 is 0 Å². The van der Waals surface area contributed by atoms with Crippen LogP contribution in [0.5, 0.6) is 5.75 Å². The fourth-order valence-electron chi connectivity index (χ4n) is 1.58. The van der Waals surface area contributed by atoms with Gasteiger partial charge in [0.1, 0.15) is 5.75 Å². The molecule has 0 atom stereocenters. The molecular formula is C13H11N3O4. The Labute approximate surface area is 113 Å². The molecule has 0 bridgehead atoms. The van der Waals surface area contributed by atoms with E-state index in [-0.39, 0.29) is 28.3 Å². The fraction of sp³-hybridized carbons (Fsp3) is 0. The average molecular weight is 273 g/mol. The van der Waals surface area contributed by atoms with Crippen LogP contribution in [0.2, 0.25) is 0 Å². The number of hydrogen-bond donors (Lipinski definition) is 4. The lowest BCUT2D eigenvalue weighted by molar-refractivity contribution is 0.0696. The van der Waals surface area contributed by atoms with Crippen LogP contribution in [0, 0.1) is 0 Å². The number of carboxylic acid groups (broad SMARTS) is 1. The topological polar surface area (TPSA) is 126 Å². The number of nitrogens with zero attached hydrogens (tertiary/aromatic N) is 1. The number of rotatable bonds is 3. The van der Waals surface area contributed by atoms with Crippen LogP contribution in [0.3, 0.4) is 0 Å². The maximum atomic E-state index is 11.9. The summed E-state index contributed by atoms with van der Waals surface area (Å²) in [5.74, 6) is -1.94. The van der Waals surface area contributed by atoms with Gasteiger partial charge in [0.2, 0.25) is 0 Å². The highest BCUT2D eigenvalue weighted by molar-refractivity contribution is 6.07. The van der Waals surface area contributed by atoms with Gasteiger partial charge in [0.25, 0.3) is 5.91 Å². The van der Waals surface area contributed by atoms with Gasteiger partial charge < -0.3 is 21.3 Å². The van der Waals surface area contributed by atoms with E-state index in [1.165, 1.54) is 30.5 Å². The highest BCUT2D eigenvalue weighted by Gasteiger charge is 2.13. The third-order valence-corrected chi connectivity index (χ3v) is 2.59. The van der Waals surface area contributed by atoms with E-state index in [4.69, 9.17) is 10.8 Å². The van der Waals surface area contributed by atoms with Crippen molar-refractivity contribution >= 4 is 23.3 Å². The summed E-state index contributed by atoms with van der Waals surface area (Å²) in [4.78, 5) is 26.4. The molecule has 2 aromatic rings. The third kappa shape index (κ3) is 2.66. The molecule has 2 rings (SSSR count). The average Bonchev–Trinajstić information content (AvgIpc) is 2.41. The predicted octanol–water partition coefficient (Wildman–Crippen LogP) is 1.32. The van der Waals surface area contributed by atoms with Crippen LogP contribution in [0.25, 0.3) is 0 Å². The molecule has 0 fully saturated rings. The lowest BCUT2D eigenvalue weighted by Crippen LogP contribution is -2.14. The minimum atomic E-state index is -1.11. The highest BCUT2D eigenvalue weighted by Crippen LogP contribution is 2.22. The van der Waals surface area contributed by atoms with Crippen molar-refractivity contribution in [2.24, 2.45) is 0 Å². The van der Waals surface area contributed by atoms with Gasteiger partial charge in [0.15, 0.2) is 0 Å². The minimum absolute atomic E-state index is 0.0206. The molecule has 0 saturated carbocycles. The van der Waals surface area contributed by atoms with E-state index in [1.807, 2.05) is 0 Å². The van der Waals surface area contributed by atoms with Crippen molar-refractivity contribution in [1.29, 1.82) is 0 Å². The Morgan fingerprint density at radius 2 is 2.00 bits per heavy atom. The van der Waals surface area contributed by atoms with Gasteiger partial charge in [-0.05, 0) is 24.3 Å². The molecule has 0 aliphatic heterocycles. The van der Waals surface area contributed by atoms with E-state index in [9.17, 15) is 14.7 Å². The molecule has 1 amide bonds. The van der Waals surface area contributed by atoms with Crippen LogP contribution in [0.4, 0.5) is 11.4 Å². The number of nitrogens with one attached hydrogen (secondary N) is 1. The summed E-state index contributed by atoms with van der Waals surface area (Å²) in [6.07, 6.45) is 2.51. The molecular weight excluding hydrogens is 262 g/mol. The Balaban J connectivity index is 2.25. The Bertz CT molecular complexity index is 685. The number of carbonyl (C=O) groups excluding carboxylic acids is 1. The van der Waals surface area contributed by atoms with Crippen molar-refractivity contribution in [1.82, 2.24) is 4.98 Å². The van der Waals surface area contributed by atoms with Crippen LogP contribution in [-0.2, 0) is 0 Å². The van der Waals surface area contributed by atoms with Crippen molar-refractivity contribution in [2.45, 2.75) is 0 Å². The van der Waals surface area contributed by atoms with Crippen molar-refractivity contribution < 1.29 is 19.8 Å². The highest BCUT2D eigenvalue weighted by atomic mass is 16.4. The van der Waals surface area contributed by atoms with Crippen LogP contribution >= 0.6 is 0 Å². The molecule has 5 N–H and O–H groups in total. The van der Waals surface area contributed by atoms with Crippen molar-refractivity contribution in [3.8, 4) is 5.75 Å². The first-order chi connectivity index (χ1) is 9.49. The molecule has 1 aromatic carbocycles. The van der Waals surface area contributed by atoms with Gasteiger partial charge in [-0.15, -0.1) is 0 Å². The number of benzene rings is 1. The SMILES string of the molecule is Nc1cc(C(=O)O)ccc1NC(=O)c1ccncc1O. The minimum Gasteiger partial charge on any atom is -0.505 e. The first kappa shape index (κ1) is 13.3. The molecule has 20 heavy (non-hydrogen) atoms. The normalized spacial score (nSPS) is 10.0. The van der Waals surface area contributed by atoms with Gasteiger partial charge in [-0.25, -0.2) is 4.79 Å². The molecule has 1 heterocycles. The lowest BCUT2D eigenvalue weighted by Gasteiger charge is -2.09. The number of nitrogen functional groups attached to an aromatic ring is 1.